The van der Waals surface area contributed by atoms with E-state index in [9.17, 15) is 38.5 Å². The van der Waals surface area contributed by atoms with Crippen LogP contribution in [0.3, 0.4) is 0 Å². The highest BCUT2D eigenvalue weighted by molar-refractivity contribution is 5.90. The molecule has 1 aromatic rings. The van der Waals surface area contributed by atoms with Gasteiger partial charge in [-0.15, -0.1) is 0 Å². The molecule has 0 aliphatic heterocycles. The van der Waals surface area contributed by atoms with Crippen LogP contribution in [0.4, 0.5) is 8.78 Å². The third kappa shape index (κ3) is 3.57. The van der Waals surface area contributed by atoms with E-state index in [1.165, 1.54) is 0 Å². The van der Waals surface area contributed by atoms with Crippen LogP contribution in [-0.4, -0.2) is 83.2 Å². The van der Waals surface area contributed by atoms with Crippen molar-refractivity contribution in [1.29, 1.82) is 0 Å². The monoisotopic (exact) mass is 484 g/mol. The number of hydrogen-bond donors (Lipinski definition) is 3. The van der Waals surface area contributed by atoms with E-state index in [2.05, 4.69) is 9.47 Å². The minimum Gasteiger partial charge on any atom is -0.467 e. The number of alkyl halides is 2. The minimum atomic E-state index is -2.24. The van der Waals surface area contributed by atoms with E-state index in [4.69, 9.17) is 4.74 Å². The number of fused-ring (bicyclic) bond motifs is 2. The Balaban J connectivity index is 0.000000180. The molecular formula is C23H26F2O9. The van der Waals surface area contributed by atoms with E-state index in [0.29, 0.717) is 5.56 Å². The summed E-state index contributed by atoms with van der Waals surface area (Å²) in [5.74, 6) is -5.80. The molecule has 0 radical (unpaired) electrons. The maximum Gasteiger partial charge on any atom is 0.344 e. The molecule has 9 nitrogen and oxygen atoms in total. The van der Waals surface area contributed by atoms with Gasteiger partial charge in [0.25, 0.3) is 0 Å². The molecule has 0 saturated heterocycles. The van der Waals surface area contributed by atoms with Crippen LogP contribution in [0.5, 0.6) is 0 Å². The number of carbonyl (C=O) groups is 3. The van der Waals surface area contributed by atoms with Gasteiger partial charge in [0.05, 0.1) is 44.0 Å². The Kier molecular flexibility index (Phi) is 6.16. The second kappa shape index (κ2) is 8.54. The first kappa shape index (κ1) is 24.5. The summed E-state index contributed by atoms with van der Waals surface area (Å²) in [6, 6.07) is 8.31. The zero-order valence-corrected chi connectivity index (χ0v) is 18.5. The van der Waals surface area contributed by atoms with E-state index in [-0.39, 0.29) is 12.8 Å². The van der Waals surface area contributed by atoms with Crippen LogP contribution in [0.2, 0.25) is 0 Å². The molecule has 4 saturated carbocycles. The van der Waals surface area contributed by atoms with Crippen molar-refractivity contribution in [2.75, 3.05) is 14.2 Å². The topological polar surface area (TPSA) is 140 Å². The molecule has 0 heterocycles. The molecular weight excluding hydrogens is 458 g/mol. The predicted molar refractivity (Wildman–Crippen MR) is 109 cm³/mol. The van der Waals surface area contributed by atoms with Crippen LogP contribution in [-0.2, 0) is 23.8 Å². The number of esters is 3. The number of ether oxygens (including phenoxy) is 3. The Morgan fingerprint density at radius 3 is 1.74 bits per heavy atom. The number of methoxy groups -OCH3 is 2. The van der Waals surface area contributed by atoms with Gasteiger partial charge < -0.3 is 29.5 Å². The molecule has 10 atom stereocenters. The van der Waals surface area contributed by atoms with Crippen molar-refractivity contribution < 1.29 is 52.7 Å². The number of aliphatic hydroxyl groups is 3. The van der Waals surface area contributed by atoms with Crippen LogP contribution in [0.15, 0.2) is 30.3 Å². The number of hydrogen-bond acceptors (Lipinski definition) is 9. The van der Waals surface area contributed by atoms with E-state index in [1.54, 1.807) is 30.3 Å². The van der Waals surface area contributed by atoms with Gasteiger partial charge in [0, 0.05) is 30.6 Å². The Labute approximate surface area is 193 Å². The predicted octanol–water partition coefficient (Wildman–Crippen LogP) is 0.343. The number of carbonyl (C=O) groups excluding carboxylic acids is 3. The second-order valence-electron chi connectivity index (χ2n) is 9.11. The molecule has 186 valence electrons. The summed E-state index contributed by atoms with van der Waals surface area (Å²) in [5, 5.41) is 28.4. The lowest BCUT2D eigenvalue weighted by molar-refractivity contribution is -0.152. The highest BCUT2D eigenvalue weighted by Gasteiger charge is 2.81. The maximum absolute atomic E-state index is 14.5. The fraction of sp³-hybridized carbons (Fsp3) is 0.609. The molecule has 4 aliphatic carbocycles. The fourth-order valence-electron chi connectivity index (χ4n) is 5.71. The first-order chi connectivity index (χ1) is 16.0. The van der Waals surface area contributed by atoms with Crippen LogP contribution < -0.4 is 0 Å². The average molecular weight is 484 g/mol. The SMILES string of the molecule is COC(=O)C1(F)[C@@H]2[C@H]1[C@@H](O)C[C@H]2O.COC(=O)[C@]1(F)[C@@H]2[C@H]1[C@@H](O)C[C@H]2OC(=O)c1ccccc1. The molecule has 0 aromatic heterocycles. The molecule has 1 unspecified atom stereocenters. The molecule has 0 amide bonds. The number of aliphatic hydroxyl groups excluding tert-OH is 3. The first-order valence-corrected chi connectivity index (χ1v) is 10.9. The van der Waals surface area contributed by atoms with Crippen LogP contribution in [0, 0.1) is 23.7 Å². The number of rotatable bonds is 4. The van der Waals surface area contributed by atoms with Gasteiger partial charge in [-0.2, -0.15) is 0 Å². The zero-order chi connectivity index (χ0) is 25.0. The van der Waals surface area contributed by atoms with Gasteiger partial charge >= 0.3 is 17.9 Å². The Morgan fingerprint density at radius 2 is 1.24 bits per heavy atom. The molecule has 11 heteroatoms. The molecule has 4 fully saturated rings. The van der Waals surface area contributed by atoms with Gasteiger partial charge in [0.15, 0.2) is 0 Å². The van der Waals surface area contributed by atoms with E-state index in [0.717, 1.165) is 14.2 Å². The van der Waals surface area contributed by atoms with Gasteiger partial charge in [0.1, 0.15) is 6.10 Å². The fourth-order valence-corrected chi connectivity index (χ4v) is 5.71. The second-order valence-corrected chi connectivity index (χ2v) is 9.11. The third-order valence-electron chi connectivity index (χ3n) is 7.36. The van der Waals surface area contributed by atoms with Crippen molar-refractivity contribution in [3.8, 4) is 0 Å². The lowest BCUT2D eigenvalue weighted by Crippen LogP contribution is -2.34. The largest absolute Gasteiger partial charge is 0.467 e. The molecule has 34 heavy (non-hydrogen) atoms. The van der Waals surface area contributed by atoms with Gasteiger partial charge in [-0.1, -0.05) is 18.2 Å². The summed E-state index contributed by atoms with van der Waals surface area (Å²) < 4.78 is 42.2. The minimum absolute atomic E-state index is 0.135. The van der Waals surface area contributed by atoms with Gasteiger partial charge in [-0.05, 0) is 12.1 Å². The van der Waals surface area contributed by atoms with Crippen molar-refractivity contribution >= 4 is 17.9 Å². The van der Waals surface area contributed by atoms with E-state index < -0.39 is 77.3 Å². The van der Waals surface area contributed by atoms with Crippen LogP contribution in [0.25, 0.3) is 0 Å². The van der Waals surface area contributed by atoms with Crippen molar-refractivity contribution in [2.45, 2.75) is 48.6 Å². The van der Waals surface area contributed by atoms with Crippen molar-refractivity contribution in [3.05, 3.63) is 35.9 Å². The summed E-state index contributed by atoms with van der Waals surface area (Å²) in [4.78, 5) is 34.5. The third-order valence-corrected chi connectivity index (χ3v) is 7.36. The van der Waals surface area contributed by atoms with Crippen molar-refractivity contribution in [3.63, 3.8) is 0 Å². The summed E-state index contributed by atoms with van der Waals surface area (Å²) in [7, 11) is 2.19. The normalized spacial score (nSPS) is 42.9. The first-order valence-electron chi connectivity index (χ1n) is 10.9. The summed E-state index contributed by atoms with van der Waals surface area (Å²) in [5.41, 5.74) is -4.04. The standard InChI is InChI=1S/C15H15FO5.C8H11FO4/c1-20-14(19)15(16)11-9(17)7-10(12(11)15)21-13(18)8-5-3-2-4-6-8;1-13-7(12)8(9)5-3(10)2-4(11)6(5)8/h2-6,9-12,17H,7H2,1H3;3-6,10-11H,2H2,1H3/t9-,10+,11+,12-,15+;3-,4+,5+,6-,8?/m0./s1. The van der Waals surface area contributed by atoms with Gasteiger partial charge in [-0.25, -0.2) is 23.2 Å². The smallest absolute Gasteiger partial charge is 0.344 e. The Bertz CT molecular complexity index is 958. The lowest BCUT2D eigenvalue weighted by Gasteiger charge is -2.19. The Morgan fingerprint density at radius 1 is 0.794 bits per heavy atom. The molecule has 0 bridgehead atoms. The lowest BCUT2D eigenvalue weighted by atomic mass is 10.1. The maximum atomic E-state index is 14.5. The molecule has 1 aromatic carbocycles. The molecule has 3 N–H and O–H groups in total. The van der Waals surface area contributed by atoms with Crippen molar-refractivity contribution in [1.82, 2.24) is 0 Å². The summed E-state index contributed by atoms with van der Waals surface area (Å²) in [6.07, 6.45) is -3.39. The molecule has 0 spiro atoms. The Hall–Kier alpha value is -2.63. The van der Waals surface area contributed by atoms with E-state index >= 15 is 0 Å². The highest BCUT2D eigenvalue weighted by atomic mass is 19.2. The summed E-state index contributed by atoms with van der Waals surface area (Å²) in [6.45, 7) is 0. The molecule has 5 rings (SSSR count). The highest BCUT2D eigenvalue weighted by Crippen LogP contribution is 2.65. The van der Waals surface area contributed by atoms with E-state index in [1.807, 2.05) is 0 Å². The number of halogens is 2. The van der Waals surface area contributed by atoms with Crippen LogP contribution >= 0.6 is 0 Å². The van der Waals surface area contributed by atoms with Crippen LogP contribution in [0.1, 0.15) is 23.2 Å². The molecule has 4 aliphatic rings. The number of benzene rings is 1. The average Bonchev–Trinajstić information content (AvgIpc) is 3.56. The van der Waals surface area contributed by atoms with Gasteiger partial charge in [0.2, 0.25) is 11.3 Å². The van der Waals surface area contributed by atoms with Crippen molar-refractivity contribution in [2.24, 2.45) is 23.7 Å². The van der Waals surface area contributed by atoms with Gasteiger partial charge in [-0.3, -0.25) is 0 Å². The quantitative estimate of drug-likeness (QED) is 0.408. The zero-order valence-electron chi connectivity index (χ0n) is 18.5. The summed E-state index contributed by atoms with van der Waals surface area (Å²) >= 11 is 0.